The van der Waals surface area contributed by atoms with Crippen LogP contribution in [0.15, 0.2) is 54.6 Å². The van der Waals surface area contributed by atoms with Crippen molar-refractivity contribution in [3.63, 3.8) is 0 Å². The standard InChI is InChI=1S/C24H30Si/c1-17-15-18(21-10-6-5-9-20(17)21)13-14-19-16-24(25(2,3)4)23-12-8-7-11-22(19)23/h5-12,16-18,24H,13-15H2,1-4H3. The maximum Gasteiger partial charge on any atom is 0.0566 e. The number of hydrogen-bond donors (Lipinski definition) is 0. The van der Waals surface area contributed by atoms with Gasteiger partial charge in [-0.1, -0.05) is 81.2 Å². The van der Waals surface area contributed by atoms with Crippen LogP contribution in [0.4, 0.5) is 0 Å². The SMILES string of the molecule is CC1CC(CCC2=CC([Si](C)(C)C)c3ccccc32)c2ccccc21. The van der Waals surface area contributed by atoms with Crippen molar-refractivity contribution in [3.8, 4) is 0 Å². The highest BCUT2D eigenvalue weighted by Crippen LogP contribution is 2.47. The zero-order chi connectivity index (χ0) is 17.6. The summed E-state index contributed by atoms with van der Waals surface area (Å²) in [5, 5.41) is 0. The van der Waals surface area contributed by atoms with Crippen molar-refractivity contribution >= 4 is 13.6 Å². The molecule has 3 atom stereocenters. The van der Waals surface area contributed by atoms with Crippen molar-refractivity contribution in [1.82, 2.24) is 0 Å². The topological polar surface area (TPSA) is 0 Å². The second kappa shape index (κ2) is 6.28. The molecular weight excluding hydrogens is 316 g/mol. The maximum atomic E-state index is 2.63. The molecule has 1 heteroatoms. The Morgan fingerprint density at radius 2 is 1.52 bits per heavy atom. The van der Waals surface area contributed by atoms with Crippen LogP contribution in [0, 0.1) is 0 Å². The highest BCUT2D eigenvalue weighted by Gasteiger charge is 2.34. The summed E-state index contributed by atoms with van der Waals surface area (Å²) in [6.07, 6.45) is 6.47. The molecule has 0 bridgehead atoms. The predicted molar refractivity (Wildman–Crippen MR) is 112 cm³/mol. The van der Waals surface area contributed by atoms with Gasteiger partial charge in [0.1, 0.15) is 0 Å². The van der Waals surface area contributed by atoms with Crippen LogP contribution >= 0.6 is 0 Å². The van der Waals surface area contributed by atoms with Crippen LogP contribution in [-0.2, 0) is 0 Å². The largest absolute Gasteiger partial charge is 0.0759 e. The summed E-state index contributed by atoms with van der Waals surface area (Å²) in [6.45, 7) is 9.90. The molecule has 0 spiro atoms. The van der Waals surface area contributed by atoms with Gasteiger partial charge in [0.05, 0.1) is 8.07 Å². The van der Waals surface area contributed by atoms with Crippen LogP contribution < -0.4 is 0 Å². The molecule has 25 heavy (non-hydrogen) atoms. The lowest BCUT2D eigenvalue weighted by Gasteiger charge is -2.24. The van der Waals surface area contributed by atoms with Crippen molar-refractivity contribution in [2.45, 2.75) is 63.2 Å². The minimum atomic E-state index is -1.22. The van der Waals surface area contributed by atoms with Gasteiger partial charge in [-0.2, -0.15) is 0 Å². The molecule has 0 saturated heterocycles. The van der Waals surface area contributed by atoms with Crippen molar-refractivity contribution < 1.29 is 0 Å². The third-order valence-corrected chi connectivity index (χ3v) is 8.65. The zero-order valence-electron chi connectivity index (χ0n) is 16.0. The average Bonchev–Trinajstić information content (AvgIpc) is 3.12. The fourth-order valence-corrected chi connectivity index (χ4v) is 6.88. The quantitative estimate of drug-likeness (QED) is 0.517. The van der Waals surface area contributed by atoms with Gasteiger partial charge in [-0.15, -0.1) is 0 Å². The molecule has 0 nitrogen and oxygen atoms in total. The van der Waals surface area contributed by atoms with Crippen LogP contribution in [0.1, 0.15) is 65.8 Å². The molecule has 2 aliphatic carbocycles. The van der Waals surface area contributed by atoms with Crippen LogP contribution in [0.2, 0.25) is 19.6 Å². The van der Waals surface area contributed by atoms with Crippen molar-refractivity contribution in [2.75, 3.05) is 0 Å². The van der Waals surface area contributed by atoms with Crippen molar-refractivity contribution in [1.29, 1.82) is 0 Å². The van der Waals surface area contributed by atoms with E-state index in [9.17, 15) is 0 Å². The minimum Gasteiger partial charge on any atom is -0.0759 e. The highest BCUT2D eigenvalue weighted by molar-refractivity contribution is 6.78. The minimum absolute atomic E-state index is 0.688. The van der Waals surface area contributed by atoms with Crippen molar-refractivity contribution in [3.05, 3.63) is 76.9 Å². The Morgan fingerprint density at radius 3 is 2.24 bits per heavy atom. The van der Waals surface area contributed by atoms with Crippen molar-refractivity contribution in [2.24, 2.45) is 0 Å². The van der Waals surface area contributed by atoms with Crippen LogP contribution in [0.3, 0.4) is 0 Å². The molecule has 0 aromatic heterocycles. The lowest BCUT2D eigenvalue weighted by molar-refractivity contribution is 0.586. The van der Waals surface area contributed by atoms with E-state index in [2.05, 4.69) is 81.2 Å². The Bertz CT molecular complexity index is 809. The maximum absolute atomic E-state index is 2.63. The molecule has 4 rings (SSSR count). The number of benzene rings is 2. The van der Waals surface area contributed by atoms with Crippen LogP contribution in [-0.4, -0.2) is 8.07 Å². The summed E-state index contributed by atoms with van der Waals surface area (Å²) in [5.74, 6) is 1.46. The van der Waals surface area contributed by atoms with E-state index in [-0.39, 0.29) is 0 Å². The van der Waals surface area contributed by atoms with Gasteiger partial charge in [-0.05, 0) is 64.5 Å². The normalized spacial score (nSPS) is 24.8. The molecule has 2 aromatic carbocycles. The molecule has 0 aliphatic heterocycles. The van der Waals surface area contributed by atoms with Gasteiger partial charge in [0.2, 0.25) is 0 Å². The summed E-state index contributed by atoms with van der Waals surface area (Å²) in [5.41, 5.74) is 8.64. The molecule has 130 valence electrons. The van der Waals surface area contributed by atoms with Gasteiger partial charge in [-0.25, -0.2) is 0 Å². The van der Waals surface area contributed by atoms with E-state index in [1.807, 2.05) is 0 Å². The molecule has 3 unspecified atom stereocenters. The van der Waals surface area contributed by atoms with E-state index in [1.54, 1.807) is 22.3 Å². The first-order valence-electron chi connectivity index (χ1n) is 9.84. The molecule has 0 saturated carbocycles. The van der Waals surface area contributed by atoms with Gasteiger partial charge in [0.25, 0.3) is 0 Å². The van der Waals surface area contributed by atoms with Crippen LogP contribution in [0.25, 0.3) is 5.57 Å². The van der Waals surface area contributed by atoms with Gasteiger partial charge in [0, 0.05) is 0 Å². The Hall–Kier alpha value is -1.60. The third kappa shape index (κ3) is 3.04. The Morgan fingerprint density at radius 1 is 0.880 bits per heavy atom. The molecule has 0 heterocycles. The zero-order valence-corrected chi connectivity index (χ0v) is 17.0. The Balaban J connectivity index is 1.56. The van der Waals surface area contributed by atoms with Gasteiger partial charge >= 0.3 is 0 Å². The Kier molecular flexibility index (Phi) is 4.23. The van der Waals surface area contributed by atoms with E-state index >= 15 is 0 Å². The molecule has 0 amide bonds. The summed E-state index contributed by atoms with van der Waals surface area (Å²) < 4.78 is 0. The monoisotopic (exact) mass is 346 g/mol. The van der Waals surface area contributed by atoms with Gasteiger partial charge in [-0.3, -0.25) is 0 Å². The van der Waals surface area contributed by atoms with Gasteiger partial charge in [0.15, 0.2) is 0 Å². The number of allylic oxidation sites excluding steroid dienone is 2. The summed E-state index contributed by atoms with van der Waals surface area (Å²) in [6, 6.07) is 18.3. The molecule has 0 fully saturated rings. The molecular formula is C24H30Si. The van der Waals surface area contributed by atoms with Gasteiger partial charge < -0.3 is 0 Å². The number of hydrogen-bond acceptors (Lipinski definition) is 0. The fourth-order valence-electron chi connectivity index (χ4n) is 4.99. The number of rotatable bonds is 4. The molecule has 0 radical (unpaired) electrons. The van der Waals surface area contributed by atoms with E-state index in [4.69, 9.17) is 0 Å². The molecule has 2 aliphatic rings. The van der Waals surface area contributed by atoms with E-state index in [0.717, 1.165) is 11.8 Å². The first-order valence-corrected chi connectivity index (χ1v) is 13.4. The highest BCUT2D eigenvalue weighted by atomic mass is 28.3. The van der Waals surface area contributed by atoms with E-state index < -0.39 is 8.07 Å². The van der Waals surface area contributed by atoms with E-state index in [0.29, 0.717) is 5.54 Å². The lowest BCUT2D eigenvalue weighted by atomic mass is 9.92. The first kappa shape index (κ1) is 16.8. The Labute approximate surface area is 154 Å². The summed E-state index contributed by atoms with van der Waals surface area (Å²) in [7, 11) is -1.22. The molecule has 0 N–H and O–H groups in total. The predicted octanol–water partition coefficient (Wildman–Crippen LogP) is 7.12. The average molecular weight is 347 g/mol. The second-order valence-corrected chi connectivity index (χ2v) is 14.5. The third-order valence-electron chi connectivity index (χ3n) is 6.31. The summed E-state index contributed by atoms with van der Waals surface area (Å²) >= 11 is 0. The molecule has 2 aromatic rings. The summed E-state index contributed by atoms with van der Waals surface area (Å²) in [4.78, 5) is 0. The first-order chi connectivity index (χ1) is 11.9. The smallest absolute Gasteiger partial charge is 0.0566 e. The number of fused-ring (bicyclic) bond motifs is 2. The lowest BCUT2D eigenvalue weighted by Crippen LogP contribution is -2.28. The fraction of sp³-hybridized carbons (Fsp3) is 0.417. The second-order valence-electron chi connectivity index (χ2n) is 9.12. The van der Waals surface area contributed by atoms with Crippen LogP contribution in [0.5, 0.6) is 0 Å². The van der Waals surface area contributed by atoms with E-state index in [1.165, 1.54) is 24.8 Å².